The van der Waals surface area contributed by atoms with Crippen LogP contribution in [-0.4, -0.2) is 23.0 Å². The molecule has 1 aromatic heterocycles. The molecule has 6 nitrogen and oxygen atoms in total. The number of aromatic nitrogens is 2. The van der Waals surface area contributed by atoms with E-state index in [0.29, 0.717) is 0 Å². The van der Waals surface area contributed by atoms with Gasteiger partial charge in [-0.1, -0.05) is 0 Å². The third kappa shape index (κ3) is 2.29. The Morgan fingerprint density at radius 1 is 1.62 bits per heavy atom. The van der Waals surface area contributed by atoms with Crippen LogP contribution < -0.4 is 15.2 Å². The van der Waals surface area contributed by atoms with Crippen molar-refractivity contribution in [2.24, 2.45) is 0 Å². The number of nitrogens with two attached hydrogens (primary N) is 1. The summed E-state index contributed by atoms with van der Waals surface area (Å²) in [5, 5.41) is 0. The summed E-state index contributed by atoms with van der Waals surface area (Å²) in [6.45, 7) is 1.26. The second-order valence-corrected chi connectivity index (χ2v) is 2.20. The average molecular weight is 183 g/mol. The van der Waals surface area contributed by atoms with Crippen molar-refractivity contribution >= 4 is 11.8 Å². The highest BCUT2D eigenvalue weighted by molar-refractivity contribution is 5.70. The SMILES string of the molecule is COc1cnc(OC(C)=O)c(N)n1. The van der Waals surface area contributed by atoms with E-state index in [1.165, 1.54) is 20.2 Å². The predicted octanol–water partition coefficient (Wildman–Crippen LogP) is -0.00730. The van der Waals surface area contributed by atoms with E-state index in [-0.39, 0.29) is 17.6 Å². The second kappa shape index (κ2) is 3.70. The summed E-state index contributed by atoms with van der Waals surface area (Å²) in [4.78, 5) is 18.0. The Hall–Kier alpha value is -1.85. The molecule has 0 amide bonds. The highest BCUT2D eigenvalue weighted by atomic mass is 16.5. The lowest BCUT2D eigenvalue weighted by Crippen LogP contribution is -2.07. The lowest BCUT2D eigenvalue weighted by Gasteiger charge is -2.03. The predicted molar refractivity (Wildman–Crippen MR) is 44.3 cm³/mol. The molecule has 0 saturated carbocycles. The van der Waals surface area contributed by atoms with E-state index < -0.39 is 5.97 Å². The third-order valence-electron chi connectivity index (χ3n) is 1.19. The Balaban J connectivity index is 2.91. The maximum Gasteiger partial charge on any atom is 0.309 e. The topological polar surface area (TPSA) is 87.3 Å². The number of esters is 1. The molecule has 0 spiro atoms. The Labute approximate surface area is 74.7 Å². The molecule has 0 saturated heterocycles. The minimum Gasteiger partial charge on any atom is -0.480 e. The first-order valence-corrected chi connectivity index (χ1v) is 3.48. The smallest absolute Gasteiger partial charge is 0.309 e. The van der Waals surface area contributed by atoms with Gasteiger partial charge in [0.15, 0.2) is 5.82 Å². The molecule has 1 rings (SSSR count). The molecular formula is C7H9N3O3. The molecule has 0 aliphatic heterocycles. The molecule has 0 atom stereocenters. The first-order valence-electron chi connectivity index (χ1n) is 3.48. The molecule has 0 bridgehead atoms. The van der Waals surface area contributed by atoms with Gasteiger partial charge in [0.2, 0.25) is 5.88 Å². The standard InChI is InChI=1S/C7H9N3O3/c1-4(11)13-7-6(8)10-5(12-2)3-9-7/h3H,1-2H3,(H2,8,10). The van der Waals surface area contributed by atoms with E-state index in [4.69, 9.17) is 10.5 Å². The molecular weight excluding hydrogens is 174 g/mol. The van der Waals surface area contributed by atoms with Gasteiger partial charge in [0.1, 0.15) is 0 Å². The molecule has 0 fully saturated rings. The van der Waals surface area contributed by atoms with Crippen LogP contribution in [0.15, 0.2) is 6.20 Å². The van der Waals surface area contributed by atoms with E-state index in [1.807, 2.05) is 0 Å². The molecule has 0 radical (unpaired) electrons. The largest absolute Gasteiger partial charge is 0.480 e. The van der Waals surface area contributed by atoms with Crippen LogP contribution in [-0.2, 0) is 4.79 Å². The number of anilines is 1. The van der Waals surface area contributed by atoms with E-state index >= 15 is 0 Å². The van der Waals surface area contributed by atoms with Crippen molar-refractivity contribution in [1.29, 1.82) is 0 Å². The van der Waals surface area contributed by atoms with Crippen LogP contribution in [0, 0.1) is 0 Å². The van der Waals surface area contributed by atoms with Gasteiger partial charge in [-0.05, 0) is 0 Å². The molecule has 2 N–H and O–H groups in total. The number of nitrogen functional groups attached to an aromatic ring is 1. The van der Waals surface area contributed by atoms with E-state index in [0.717, 1.165) is 0 Å². The lowest BCUT2D eigenvalue weighted by molar-refractivity contribution is -0.132. The number of carbonyl (C=O) groups excluding carboxylic acids is 1. The van der Waals surface area contributed by atoms with Crippen LogP contribution in [0.3, 0.4) is 0 Å². The highest BCUT2D eigenvalue weighted by Gasteiger charge is 2.07. The monoisotopic (exact) mass is 183 g/mol. The Kier molecular flexibility index (Phi) is 2.63. The van der Waals surface area contributed by atoms with Gasteiger partial charge < -0.3 is 15.2 Å². The van der Waals surface area contributed by atoms with Gasteiger partial charge in [0.25, 0.3) is 5.88 Å². The maximum atomic E-state index is 10.5. The zero-order valence-electron chi connectivity index (χ0n) is 7.27. The first-order chi connectivity index (χ1) is 6.13. The number of rotatable bonds is 2. The van der Waals surface area contributed by atoms with Gasteiger partial charge >= 0.3 is 5.97 Å². The fourth-order valence-corrected chi connectivity index (χ4v) is 0.689. The molecule has 0 aliphatic rings. The fraction of sp³-hybridized carbons (Fsp3) is 0.286. The lowest BCUT2D eigenvalue weighted by atomic mass is 10.6. The summed E-state index contributed by atoms with van der Waals surface area (Å²) in [6, 6.07) is 0. The molecule has 6 heteroatoms. The number of nitrogens with zero attached hydrogens (tertiary/aromatic N) is 2. The van der Waals surface area contributed by atoms with Crippen LogP contribution in [0.25, 0.3) is 0 Å². The summed E-state index contributed by atoms with van der Waals surface area (Å²) < 4.78 is 9.41. The minimum atomic E-state index is -0.494. The highest BCUT2D eigenvalue weighted by Crippen LogP contribution is 2.17. The van der Waals surface area contributed by atoms with Crippen molar-refractivity contribution in [3.63, 3.8) is 0 Å². The number of hydrogen-bond donors (Lipinski definition) is 1. The molecule has 0 aromatic carbocycles. The van der Waals surface area contributed by atoms with Crippen molar-refractivity contribution < 1.29 is 14.3 Å². The Morgan fingerprint density at radius 3 is 2.77 bits per heavy atom. The molecule has 70 valence electrons. The fourth-order valence-electron chi connectivity index (χ4n) is 0.689. The molecule has 0 aliphatic carbocycles. The summed E-state index contributed by atoms with van der Waals surface area (Å²) in [5.41, 5.74) is 5.41. The summed E-state index contributed by atoms with van der Waals surface area (Å²) in [6.07, 6.45) is 1.31. The van der Waals surface area contributed by atoms with Crippen LogP contribution in [0.5, 0.6) is 11.8 Å². The number of ether oxygens (including phenoxy) is 2. The minimum absolute atomic E-state index is 0.00620. The Morgan fingerprint density at radius 2 is 2.31 bits per heavy atom. The van der Waals surface area contributed by atoms with Gasteiger partial charge in [0, 0.05) is 6.92 Å². The van der Waals surface area contributed by atoms with Gasteiger partial charge in [-0.25, -0.2) is 4.98 Å². The maximum absolute atomic E-state index is 10.5. The number of methoxy groups -OCH3 is 1. The first kappa shape index (κ1) is 9.24. The van der Waals surface area contributed by atoms with E-state index in [9.17, 15) is 4.79 Å². The van der Waals surface area contributed by atoms with Crippen molar-refractivity contribution in [3.05, 3.63) is 6.20 Å². The van der Waals surface area contributed by atoms with Crippen LogP contribution in [0.2, 0.25) is 0 Å². The second-order valence-electron chi connectivity index (χ2n) is 2.20. The molecule has 0 unspecified atom stereocenters. The quantitative estimate of drug-likeness (QED) is 0.649. The van der Waals surface area contributed by atoms with Crippen molar-refractivity contribution in [2.45, 2.75) is 6.92 Å². The third-order valence-corrected chi connectivity index (χ3v) is 1.19. The van der Waals surface area contributed by atoms with Gasteiger partial charge in [0.05, 0.1) is 13.3 Å². The molecule has 1 aromatic rings. The summed E-state index contributed by atoms with van der Waals surface area (Å²) in [7, 11) is 1.44. The molecule has 1 heterocycles. The molecule has 13 heavy (non-hydrogen) atoms. The van der Waals surface area contributed by atoms with Crippen molar-refractivity contribution in [2.75, 3.05) is 12.8 Å². The van der Waals surface area contributed by atoms with Gasteiger partial charge in [-0.3, -0.25) is 4.79 Å². The van der Waals surface area contributed by atoms with E-state index in [1.54, 1.807) is 0 Å². The van der Waals surface area contributed by atoms with Crippen LogP contribution in [0.4, 0.5) is 5.82 Å². The van der Waals surface area contributed by atoms with Crippen LogP contribution >= 0.6 is 0 Å². The van der Waals surface area contributed by atoms with Crippen LogP contribution in [0.1, 0.15) is 6.92 Å². The number of carbonyl (C=O) groups is 1. The zero-order chi connectivity index (χ0) is 9.84. The van der Waals surface area contributed by atoms with Gasteiger partial charge in [-0.15, -0.1) is 0 Å². The van der Waals surface area contributed by atoms with Crippen molar-refractivity contribution in [1.82, 2.24) is 9.97 Å². The summed E-state index contributed by atoms with van der Waals surface area (Å²) >= 11 is 0. The zero-order valence-corrected chi connectivity index (χ0v) is 7.27. The normalized spacial score (nSPS) is 9.38. The van der Waals surface area contributed by atoms with Crippen molar-refractivity contribution in [3.8, 4) is 11.8 Å². The summed E-state index contributed by atoms with van der Waals surface area (Å²) in [5.74, 6) is -0.206. The average Bonchev–Trinajstić information content (AvgIpc) is 2.08. The van der Waals surface area contributed by atoms with E-state index in [2.05, 4.69) is 14.7 Å². The Bertz CT molecular complexity index is 327. The van der Waals surface area contributed by atoms with Gasteiger partial charge in [-0.2, -0.15) is 4.98 Å². The number of hydrogen-bond acceptors (Lipinski definition) is 6.